The molecule has 1 fully saturated rings. The predicted molar refractivity (Wildman–Crippen MR) is 131 cm³/mol. The Hall–Kier alpha value is -3.40. The van der Waals surface area contributed by atoms with Crippen molar-refractivity contribution in [3.63, 3.8) is 0 Å². The molecule has 1 aromatic carbocycles. The van der Waals surface area contributed by atoms with Crippen LogP contribution in [0.5, 0.6) is 11.5 Å². The van der Waals surface area contributed by atoms with Gasteiger partial charge in [-0.1, -0.05) is 12.1 Å². The van der Waals surface area contributed by atoms with Crippen LogP contribution in [0, 0.1) is 0 Å². The Bertz CT molecular complexity index is 1220. The molecule has 10 heteroatoms. The number of para-hydroxylation sites is 1. The second-order valence-corrected chi connectivity index (χ2v) is 9.89. The van der Waals surface area contributed by atoms with E-state index in [0.29, 0.717) is 18.8 Å². The number of morpholine rings is 1. The third kappa shape index (κ3) is 5.02. The minimum Gasteiger partial charge on any atom is -0.483 e. The molecule has 10 nitrogen and oxygen atoms in total. The number of rotatable bonds is 7. The zero-order valence-electron chi connectivity index (χ0n) is 20.7. The SMILES string of the molecule is CC1CN(c2ncnc3c2cnn3CCNC(=O)COc2cccc3c2OC(C)(C)C3)CC(C)O1. The van der Waals surface area contributed by atoms with Crippen molar-refractivity contribution in [2.75, 3.05) is 31.1 Å². The fraction of sp³-hybridized carbons (Fsp3) is 0.520. The lowest BCUT2D eigenvalue weighted by Gasteiger charge is -2.36. The van der Waals surface area contributed by atoms with E-state index in [2.05, 4.69) is 39.1 Å². The molecular weight excluding hydrogens is 448 g/mol. The summed E-state index contributed by atoms with van der Waals surface area (Å²) in [6, 6.07) is 5.78. The number of hydrogen-bond donors (Lipinski definition) is 1. The first-order valence-electron chi connectivity index (χ1n) is 12.1. The summed E-state index contributed by atoms with van der Waals surface area (Å²) in [6.07, 6.45) is 4.43. The van der Waals surface area contributed by atoms with Crippen LogP contribution >= 0.6 is 0 Å². The van der Waals surface area contributed by atoms with Crippen molar-refractivity contribution < 1.29 is 19.0 Å². The Labute approximate surface area is 204 Å². The molecule has 0 bridgehead atoms. The third-order valence-corrected chi connectivity index (χ3v) is 6.19. The predicted octanol–water partition coefficient (Wildman–Crippen LogP) is 2.35. The molecule has 35 heavy (non-hydrogen) atoms. The lowest BCUT2D eigenvalue weighted by molar-refractivity contribution is -0.123. The molecule has 1 N–H and O–H groups in total. The zero-order chi connectivity index (χ0) is 24.6. The van der Waals surface area contributed by atoms with Crippen LogP contribution < -0.4 is 19.7 Å². The average Bonchev–Trinajstić information content (AvgIpc) is 3.36. The van der Waals surface area contributed by atoms with Crippen molar-refractivity contribution in [2.45, 2.75) is 58.5 Å². The number of benzene rings is 1. The molecule has 2 aliphatic rings. The van der Waals surface area contributed by atoms with E-state index in [1.165, 1.54) is 0 Å². The topological polar surface area (TPSA) is 104 Å². The molecule has 0 spiro atoms. The molecule has 1 amide bonds. The van der Waals surface area contributed by atoms with Crippen LogP contribution in [0.2, 0.25) is 0 Å². The van der Waals surface area contributed by atoms with Crippen LogP contribution in [0.1, 0.15) is 33.3 Å². The van der Waals surface area contributed by atoms with Crippen molar-refractivity contribution in [2.24, 2.45) is 0 Å². The highest BCUT2D eigenvalue weighted by Crippen LogP contribution is 2.41. The molecule has 2 aliphatic heterocycles. The Morgan fingerprint density at radius 3 is 2.83 bits per heavy atom. The van der Waals surface area contributed by atoms with Gasteiger partial charge in [0, 0.05) is 31.6 Å². The molecule has 0 radical (unpaired) electrons. The fourth-order valence-electron chi connectivity index (χ4n) is 4.84. The Morgan fingerprint density at radius 2 is 2.03 bits per heavy atom. The number of carbonyl (C=O) groups is 1. The van der Waals surface area contributed by atoms with Crippen LogP contribution in [0.25, 0.3) is 11.0 Å². The summed E-state index contributed by atoms with van der Waals surface area (Å²) in [5.74, 6) is 1.98. The largest absolute Gasteiger partial charge is 0.483 e. The number of anilines is 1. The molecule has 0 aliphatic carbocycles. The van der Waals surface area contributed by atoms with Crippen LogP contribution in [-0.4, -0.2) is 69.7 Å². The van der Waals surface area contributed by atoms with E-state index >= 15 is 0 Å². The number of fused-ring (bicyclic) bond motifs is 2. The van der Waals surface area contributed by atoms with Gasteiger partial charge in [-0.2, -0.15) is 5.10 Å². The first-order chi connectivity index (χ1) is 16.8. The van der Waals surface area contributed by atoms with Crippen molar-refractivity contribution >= 4 is 22.8 Å². The van der Waals surface area contributed by atoms with Crippen LogP contribution in [0.4, 0.5) is 5.82 Å². The number of nitrogens with zero attached hydrogens (tertiary/aromatic N) is 5. The fourth-order valence-corrected chi connectivity index (χ4v) is 4.84. The van der Waals surface area contributed by atoms with E-state index in [1.807, 2.05) is 32.0 Å². The molecule has 186 valence electrons. The highest BCUT2D eigenvalue weighted by molar-refractivity contribution is 5.86. The number of hydrogen-bond acceptors (Lipinski definition) is 8. The van der Waals surface area contributed by atoms with Gasteiger partial charge in [0.15, 0.2) is 23.8 Å². The maximum absolute atomic E-state index is 12.4. The second-order valence-electron chi connectivity index (χ2n) is 9.89. The molecule has 2 atom stereocenters. The van der Waals surface area contributed by atoms with E-state index < -0.39 is 0 Å². The summed E-state index contributed by atoms with van der Waals surface area (Å²) in [5.41, 5.74) is 1.57. The lowest BCUT2D eigenvalue weighted by Crippen LogP contribution is -2.45. The van der Waals surface area contributed by atoms with Crippen LogP contribution in [-0.2, 0) is 22.5 Å². The standard InChI is InChI=1S/C25H32N6O4/c1-16-12-30(13-17(2)34-16)23-19-11-29-31(24(19)28-15-27-23)9-8-26-21(32)14-33-20-7-5-6-18-10-25(3,4)35-22(18)20/h5-7,11,15-17H,8-10,12-14H2,1-4H3,(H,26,32). The minimum atomic E-state index is -0.266. The molecule has 0 saturated carbocycles. The molecule has 2 unspecified atom stereocenters. The number of aromatic nitrogens is 4. The van der Waals surface area contributed by atoms with Gasteiger partial charge in [0.1, 0.15) is 17.7 Å². The number of amides is 1. The van der Waals surface area contributed by atoms with Gasteiger partial charge >= 0.3 is 0 Å². The van der Waals surface area contributed by atoms with E-state index in [1.54, 1.807) is 17.2 Å². The van der Waals surface area contributed by atoms with E-state index in [-0.39, 0.29) is 30.3 Å². The van der Waals surface area contributed by atoms with E-state index in [9.17, 15) is 4.79 Å². The van der Waals surface area contributed by atoms with Gasteiger partial charge < -0.3 is 24.4 Å². The van der Waals surface area contributed by atoms with Crippen LogP contribution in [0.3, 0.4) is 0 Å². The van der Waals surface area contributed by atoms with Gasteiger partial charge in [0.2, 0.25) is 0 Å². The maximum atomic E-state index is 12.4. The van der Waals surface area contributed by atoms with E-state index in [0.717, 1.165) is 47.7 Å². The first-order valence-corrected chi connectivity index (χ1v) is 12.1. The maximum Gasteiger partial charge on any atom is 0.258 e. The number of nitrogens with one attached hydrogen (secondary N) is 1. The second kappa shape index (κ2) is 9.33. The normalized spacial score (nSPS) is 21.0. The molecule has 4 heterocycles. The van der Waals surface area contributed by atoms with E-state index in [4.69, 9.17) is 14.2 Å². The van der Waals surface area contributed by atoms with Crippen molar-refractivity contribution in [1.29, 1.82) is 0 Å². The monoisotopic (exact) mass is 480 g/mol. The first kappa shape index (κ1) is 23.3. The molecule has 5 rings (SSSR count). The number of ether oxygens (including phenoxy) is 3. The summed E-state index contributed by atoms with van der Waals surface area (Å²) in [4.78, 5) is 23.6. The van der Waals surface area contributed by atoms with Gasteiger partial charge in [-0.15, -0.1) is 0 Å². The van der Waals surface area contributed by atoms with Gasteiger partial charge in [-0.3, -0.25) is 4.79 Å². The quantitative estimate of drug-likeness (QED) is 0.550. The van der Waals surface area contributed by atoms with Gasteiger partial charge in [-0.25, -0.2) is 14.6 Å². The summed E-state index contributed by atoms with van der Waals surface area (Å²) >= 11 is 0. The molecular formula is C25H32N6O4. The van der Waals surface area contributed by atoms with Crippen LogP contribution in [0.15, 0.2) is 30.7 Å². The van der Waals surface area contributed by atoms with Crippen molar-refractivity contribution in [1.82, 2.24) is 25.1 Å². The molecule has 2 aromatic heterocycles. The molecule has 3 aromatic rings. The van der Waals surface area contributed by atoms with Gasteiger partial charge in [0.05, 0.1) is 30.3 Å². The number of carbonyl (C=O) groups excluding carboxylic acids is 1. The summed E-state index contributed by atoms with van der Waals surface area (Å²) in [5, 5.41) is 8.28. The Kier molecular flexibility index (Phi) is 6.22. The zero-order valence-corrected chi connectivity index (χ0v) is 20.7. The smallest absolute Gasteiger partial charge is 0.258 e. The highest BCUT2D eigenvalue weighted by atomic mass is 16.5. The third-order valence-electron chi connectivity index (χ3n) is 6.19. The summed E-state index contributed by atoms with van der Waals surface area (Å²) in [7, 11) is 0. The van der Waals surface area contributed by atoms with Gasteiger partial charge in [-0.05, 0) is 33.8 Å². The summed E-state index contributed by atoms with van der Waals surface area (Å²) in [6.45, 7) is 10.6. The highest BCUT2D eigenvalue weighted by Gasteiger charge is 2.32. The summed E-state index contributed by atoms with van der Waals surface area (Å²) < 4.78 is 19.4. The minimum absolute atomic E-state index is 0.0835. The van der Waals surface area contributed by atoms with Crippen molar-refractivity contribution in [3.05, 3.63) is 36.3 Å². The van der Waals surface area contributed by atoms with Gasteiger partial charge in [0.25, 0.3) is 5.91 Å². The lowest BCUT2D eigenvalue weighted by atomic mass is 10.0. The average molecular weight is 481 g/mol. The molecule has 1 saturated heterocycles. The van der Waals surface area contributed by atoms with Crippen molar-refractivity contribution in [3.8, 4) is 11.5 Å². The Morgan fingerprint density at radius 1 is 1.23 bits per heavy atom. The Balaban J connectivity index is 1.17.